The average Bonchev–Trinajstić information content (AvgIpc) is 2.19. The first-order valence-electron chi connectivity index (χ1n) is 4.55. The average molecular weight is 242 g/mol. The van der Waals surface area contributed by atoms with E-state index in [4.69, 9.17) is 4.74 Å². The predicted octanol–water partition coefficient (Wildman–Crippen LogP) is 2.74. The quantitative estimate of drug-likeness (QED) is 0.706. The van der Waals surface area contributed by atoms with Gasteiger partial charge >= 0.3 is 0 Å². The first-order chi connectivity index (χ1) is 6.36. The lowest BCUT2D eigenvalue weighted by molar-refractivity contribution is 0.0853. The molecule has 1 aromatic heterocycles. The summed E-state index contributed by atoms with van der Waals surface area (Å²) in [6.07, 6.45) is 4.13. The van der Waals surface area contributed by atoms with Gasteiger partial charge in [-0.15, -0.1) is 0 Å². The van der Waals surface area contributed by atoms with Crippen LogP contribution in [0.2, 0.25) is 0 Å². The minimum atomic E-state index is 0.660. The maximum absolute atomic E-state index is 5.32. The standard InChI is InChI=1S/C10H12BrNO/c11-10-7-9(1-4-12-10)8-2-5-13-6-3-8/h1,4,7-8H,2-3,5-6H2. The molecule has 2 rings (SSSR count). The maximum atomic E-state index is 5.32. The fraction of sp³-hybridized carbons (Fsp3) is 0.500. The van der Waals surface area contributed by atoms with E-state index in [1.165, 1.54) is 5.56 Å². The van der Waals surface area contributed by atoms with Crippen molar-refractivity contribution in [3.05, 3.63) is 28.5 Å². The SMILES string of the molecule is Brc1cc(C2CCOCC2)ccn1. The highest BCUT2D eigenvalue weighted by Crippen LogP contribution is 2.27. The second-order valence-electron chi connectivity index (χ2n) is 3.30. The van der Waals surface area contributed by atoms with Crippen LogP contribution in [0.25, 0.3) is 0 Å². The van der Waals surface area contributed by atoms with Crippen molar-refractivity contribution in [2.75, 3.05) is 13.2 Å². The summed E-state index contributed by atoms with van der Waals surface area (Å²) in [5.74, 6) is 0.660. The Morgan fingerprint density at radius 1 is 1.38 bits per heavy atom. The van der Waals surface area contributed by atoms with Crippen LogP contribution in [0.4, 0.5) is 0 Å². The Hall–Kier alpha value is -0.410. The molecule has 1 aliphatic rings. The van der Waals surface area contributed by atoms with Gasteiger partial charge in [-0.05, 0) is 52.4 Å². The van der Waals surface area contributed by atoms with E-state index in [1.54, 1.807) is 0 Å². The van der Waals surface area contributed by atoms with Crippen molar-refractivity contribution in [2.45, 2.75) is 18.8 Å². The Bertz CT molecular complexity index is 284. The molecule has 1 aliphatic heterocycles. The molecule has 70 valence electrons. The van der Waals surface area contributed by atoms with Crippen molar-refractivity contribution in [3.63, 3.8) is 0 Å². The number of hydrogen-bond donors (Lipinski definition) is 0. The van der Waals surface area contributed by atoms with Crippen LogP contribution in [-0.4, -0.2) is 18.2 Å². The Morgan fingerprint density at radius 3 is 2.85 bits per heavy atom. The van der Waals surface area contributed by atoms with Gasteiger partial charge in [0.25, 0.3) is 0 Å². The zero-order valence-corrected chi connectivity index (χ0v) is 8.96. The zero-order valence-electron chi connectivity index (χ0n) is 7.37. The predicted molar refractivity (Wildman–Crippen MR) is 54.7 cm³/mol. The fourth-order valence-corrected chi connectivity index (χ4v) is 2.08. The van der Waals surface area contributed by atoms with Gasteiger partial charge in [0.05, 0.1) is 0 Å². The van der Waals surface area contributed by atoms with E-state index in [-0.39, 0.29) is 0 Å². The van der Waals surface area contributed by atoms with Crippen molar-refractivity contribution in [3.8, 4) is 0 Å². The minimum absolute atomic E-state index is 0.660. The highest BCUT2D eigenvalue weighted by atomic mass is 79.9. The van der Waals surface area contributed by atoms with E-state index in [0.29, 0.717) is 5.92 Å². The molecular formula is C10H12BrNO. The molecule has 1 saturated heterocycles. The Morgan fingerprint density at radius 2 is 2.15 bits per heavy atom. The lowest BCUT2D eigenvalue weighted by atomic mass is 9.93. The summed E-state index contributed by atoms with van der Waals surface area (Å²) in [7, 11) is 0. The highest BCUT2D eigenvalue weighted by Gasteiger charge is 2.15. The zero-order chi connectivity index (χ0) is 9.10. The minimum Gasteiger partial charge on any atom is -0.381 e. The monoisotopic (exact) mass is 241 g/mol. The molecule has 0 saturated carbocycles. The molecule has 2 heterocycles. The molecule has 0 aromatic carbocycles. The van der Waals surface area contributed by atoms with Gasteiger partial charge in [-0.3, -0.25) is 0 Å². The van der Waals surface area contributed by atoms with Gasteiger partial charge in [0.15, 0.2) is 0 Å². The summed E-state index contributed by atoms with van der Waals surface area (Å²) in [5.41, 5.74) is 1.38. The topological polar surface area (TPSA) is 22.1 Å². The number of hydrogen-bond acceptors (Lipinski definition) is 2. The number of nitrogens with zero attached hydrogens (tertiary/aromatic N) is 1. The van der Waals surface area contributed by atoms with E-state index >= 15 is 0 Å². The van der Waals surface area contributed by atoms with Crippen LogP contribution in [0.3, 0.4) is 0 Å². The Balaban J connectivity index is 2.14. The van der Waals surface area contributed by atoms with Crippen LogP contribution in [0.5, 0.6) is 0 Å². The van der Waals surface area contributed by atoms with Gasteiger partial charge in [0.1, 0.15) is 4.60 Å². The molecule has 0 spiro atoms. The second kappa shape index (κ2) is 4.20. The molecule has 1 aromatic rings. The maximum Gasteiger partial charge on any atom is 0.106 e. The fourth-order valence-electron chi connectivity index (χ4n) is 1.70. The van der Waals surface area contributed by atoms with Gasteiger partial charge in [-0.1, -0.05) is 0 Å². The summed E-state index contributed by atoms with van der Waals surface area (Å²) in [6.45, 7) is 1.79. The van der Waals surface area contributed by atoms with Crippen LogP contribution < -0.4 is 0 Å². The highest BCUT2D eigenvalue weighted by molar-refractivity contribution is 9.10. The first-order valence-corrected chi connectivity index (χ1v) is 5.35. The third-order valence-corrected chi connectivity index (χ3v) is 2.88. The van der Waals surface area contributed by atoms with Crippen molar-refractivity contribution in [1.82, 2.24) is 4.98 Å². The van der Waals surface area contributed by atoms with Gasteiger partial charge in [-0.25, -0.2) is 4.98 Å². The largest absolute Gasteiger partial charge is 0.381 e. The number of ether oxygens (including phenoxy) is 1. The third-order valence-electron chi connectivity index (χ3n) is 2.44. The lowest BCUT2D eigenvalue weighted by Gasteiger charge is -2.22. The van der Waals surface area contributed by atoms with Gasteiger partial charge in [0.2, 0.25) is 0 Å². The summed E-state index contributed by atoms with van der Waals surface area (Å²) >= 11 is 3.39. The first kappa shape index (κ1) is 9.16. The Kier molecular flexibility index (Phi) is 2.96. The van der Waals surface area contributed by atoms with Crippen LogP contribution in [0.1, 0.15) is 24.3 Å². The molecule has 3 heteroatoms. The molecule has 0 atom stereocenters. The molecule has 13 heavy (non-hydrogen) atoms. The van der Waals surface area contributed by atoms with Gasteiger partial charge in [0, 0.05) is 19.4 Å². The van der Waals surface area contributed by atoms with Crippen molar-refractivity contribution < 1.29 is 4.74 Å². The molecule has 2 nitrogen and oxygen atoms in total. The summed E-state index contributed by atoms with van der Waals surface area (Å²) in [5, 5.41) is 0. The van der Waals surface area contributed by atoms with Crippen LogP contribution >= 0.6 is 15.9 Å². The number of rotatable bonds is 1. The van der Waals surface area contributed by atoms with E-state index in [2.05, 4.69) is 33.0 Å². The smallest absolute Gasteiger partial charge is 0.106 e. The Labute approximate surface area is 86.5 Å². The lowest BCUT2D eigenvalue weighted by Crippen LogP contribution is -2.14. The molecule has 0 unspecified atom stereocenters. The van der Waals surface area contributed by atoms with E-state index in [0.717, 1.165) is 30.7 Å². The molecular weight excluding hydrogens is 230 g/mol. The molecule has 0 radical (unpaired) electrons. The van der Waals surface area contributed by atoms with Gasteiger partial charge in [-0.2, -0.15) is 0 Å². The van der Waals surface area contributed by atoms with Crippen LogP contribution in [-0.2, 0) is 4.74 Å². The van der Waals surface area contributed by atoms with Crippen LogP contribution in [0.15, 0.2) is 22.9 Å². The molecule has 0 amide bonds. The van der Waals surface area contributed by atoms with Crippen molar-refractivity contribution in [2.24, 2.45) is 0 Å². The summed E-state index contributed by atoms with van der Waals surface area (Å²) in [4.78, 5) is 4.12. The van der Waals surface area contributed by atoms with E-state index < -0.39 is 0 Å². The van der Waals surface area contributed by atoms with Crippen molar-refractivity contribution in [1.29, 1.82) is 0 Å². The molecule has 1 fully saturated rings. The summed E-state index contributed by atoms with van der Waals surface area (Å²) < 4.78 is 6.25. The second-order valence-corrected chi connectivity index (χ2v) is 4.11. The third kappa shape index (κ3) is 2.29. The molecule has 0 N–H and O–H groups in total. The molecule has 0 bridgehead atoms. The van der Waals surface area contributed by atoms with Crippen LogP contribution in [0, 0.1) is 0 Å². The normalized spacial score (nSPS) is 18.8. The van der Waals surface area contributed by atoms with E-state index in [9.17, 15) is 0 Å². The number of pyridine rings is 1. The summed E-state index contributed by atoms with van der Waals surface area (Å²) in [6, 6.07) is 4.21. The number of halogens is 1. The van der Waals surface area contributed by atoms with Crippen molar-refractivity contribution >= 4 is 15.9 Å². The number of aromatic nitrogens is 1. The molecule has 0 aliphatic carbocycles. The van der Waals surface area contributed by atoms with Gasteiger partial charge < -0.3 is 4.74 Å². The van der Waals surface area contributed by atoms with E-state index in [1.807, 2.05) is 6.20 Å².